The van der Waals surface area contributed by atoms with Crippen molar-refractivity contribution in [1.29, 1.82) is 0 Å². The molecule has 4 atom stereocenters. The summed E-state index contributed by atoms with van der Waals surface area (Å²) in [6.45, 7) is 12.5. The lowest BCUT2D eigenvalue weighted by molar-refractivity contribution is -0.149. The maximum absolute atomic E-state index is 16.5. The van der Waals surface area contributed by atoms with Gasteiger partial charge >= 0.3 is 0 Å². The van der Waals surface area contributed by atoms with Crippen LogP contribution in [-0.2, 0) is 31.3 Å². The Labute approximate surface area is 291 Å². The standard InChI is InChI=1S/C39H52FN3O5Si/c1-27(2)12-10-13-28(3)19-21-43-33-18-17-31(42-20-11-16-35(42)45)24-32(33)39(38(43)47)29(4)37(49(5,6)40)34(48-39)25-36(46)41(22-23-44)26-30-14-8-7-9-15-30/h7-9,12,14-15,17-19,24,29,34,37,44H,10-11,13,16,20-23,25-26H2,1-6H3/b28-19+/t29-,34+,37-,39+/m0/s1. The number of carbonyl (C=O) groups excluding carboxylic acids is 3. The number of amides is 3. The van der Waals surface area contributed by atoms with Crippen molar-refractivity contribution in [3.8, 4) is 0 Å². The predicted octanol–water partition coefficient (Wildman–Crippen LogP) is 7.04. The molecule has 264 valence electrons. The van der Waals surface area contributed by atoms with Gasteiger partial charge < -0.3 is 28.7 Å². The van der Waals surface area contributed by atoms with Gasteiger partial charge in [0.25, 0.3) is 5.91 Å². The summed E-state index contributed by atoms with van der Waals surface area (Å²) in [5, 5.41) is 9.82. The van der Waals surface area contributed by atoms with Crippen molar-refractivity contribution < 1.29 is 28.3 Å². The van der Waals surface area contributed by atoms with Crippen LogP contribution >= 0.6 is 0 Å². The second-order valence-corrected chi connectivity index (χ2v) is 18.4. The number of halogens is 1. The number of allylic oxidation sites excluding steroid dienone is 3. The molecule has 0 aliphatic carbocycles. The molecule has 49 heavy (non-hydrogen) atoms. The first kappa shape index (κ1) is 36.7. The summed E-state index contributed by atoms with van der Waals surface area (Å²) >= 11 is 0. The van der Waals surface area contributed by atoms with Crippen molar-refractivity contribution in [2.75, 3.05) is 36.0 Å². The van der Waals surface area contributed by atoms with E-state index in [2.05, 4.69) is 32.9 Å². The van der Waals surface area contributed by atoms with Crippen LogP contribution < -0.4 is 9.80 Å². The summed E-state index contributed by atoms with van der Waals surface area (Å²) in [5.41, 5.74) is 3.20. The Morgan fingerprint density at radius 1 is 1.12 bits per heavy atom. The molecule has 2 aromatic carbocycles. The lowest BCUT2D eigenvalue weighted by Crippen LogP contribution is -2.45. The zero-order valence-corrected chi connectivity index (χ0v) is 30.9. The Morgan fingerprint density at radius 2 is 1.86 bits per heavy atom. The van der Waals surface area contributed by atoms with E-state index >= 15 is 4.11 Å². The van der Waals surface area contributed by atoms with Crippen LogP contribution in [0.2, 0.25) is 18.6 Å². The number of aliphatic hydroxyl groups is 1. The second kappa shape index (κ2) is 15.1. The normalized spacial score (nSPS) is 23.8. The molecule has 2 saturated heterocycles. The minimum absolute atomic E-state index is 0.0338. The number of hydrogen-bond acceptors (Lipinski definition) is 5. The Bertz CT molecular complexity index is 1600. The van der Waals surface area contributed by atoms with E-state index < -0.39 is 31.6 Å². The van der Waals surface area contributed by atoms with Crippen molar-refractivity contribution in [3.63, 3.8) is 0 Å². The summed E-state index contributed by atoms with van der Waals surface area (Å²) in [7, 11) is -3.52. The molecule has 8 nitrogen and oxygen atoms in total. The fraction of sp³-hybridized carbons (Fsp3) is 0.513. The largest absolute Gasteiger partial charge is 0.395 e. The van der Waals surface area contributed by atoms with Gasteiger partial charge in [0, 0.05) is 55.3 Å². The molecular formula is C39H52FN3O5Si. The maximum atomic E-state index is 16.5. The van der Waals surface area contributed by atoms with Crippen molar-refractivity contribution >= 4 is 37.5 Å². The van der Waals surface area contributed by atoms with Gasteiger partial charge in [0.05, 0.1) is 24.8 Å². The van der Waals surface area contributed by atoms with Crippen molar-refractivity contribution in [3.05, 3.63) is 83.0 Å². The highest BCUT2D eigenvalue weighted by atomic mass is 28.4. The Balaban J connectivity index is 1.52. The van der Waals surface area contributed by atoms with Crippen molar-refractivity contribution in [2.24, 2.45) is 5.92 Å². The molecule has 10 heteroatoms. The van der Waals surface area contributed by atoms with Crippen LogP contribution in [-0.4, -0.2) is 68.5 Å². The Hall–Kier alpha value is -3.60. The topological polar surface area (TPSA) is 90.4 Å². The monoisotopic (exact) mass is 689 g/mol. The fourth-order valence-corrected chi connectivity index (χ4v) is 10.5. The highest BCUT2D eigenvalue weighted by molar-refractivity contribution is 6.72. The van der Waals surface area contributed by atoms with Gasteiger partial charge in [-0.1, -0.05) is 60.6 Å². The summed E-state index contributed by atoms with van der Waals surface area (Å²) in [6, 6.07) is 15.2. The smallest absolute Gasteiger partial charge is 0.264 e. The third-order valence-electron chi connectivity index (χ3n) is 10.4. The zero-order chi connectivity index (χ0) is 35.5. The molecule has 2 fully saturated rings. The molecule has 0 aromatic heterocycles. The number of anilines is 2. The highest BCUT2D eigenvalue weighted by Crippen LogP contribution is 2.60. The van der Waals surface area contributed by atoms with Crippen LogP contribution in [0, 0.1) is 5.92 Å². The van der Waals surface area contributed by atoms with E-state index in [4.69, 9.17) is 4.74 Å². The van der Waals surface area contributed by atoms with E-state index in [1.54, 1.807) is 27.8 Å². The van der Waals surface area contributed by atoms with Crippen LogP contribution in [0.4, 0.5) is 15.5 Å². The predicted molar refractivity (Wildman–Crippen MR) is 194 cm³/mol. The van der Waals surface area contributed by atoms with Crippen LogP contribution in [0.1, 0.15) is 70.9 Å². The molecule has 3 amide bonds. The lowest BCUT2D eigenvalue weighted by Gasteiger charge is -2.31. The molecule has 0 bridgehead atoms. The van der Waals surface area contributed by atoms with Crippen LogP contribution in [0.3, 0.4) is 0 Å². The number of hydrogen-bond donors (Lipinski definition) is 1. The quantitative estimate of drug-likeness (QED) is 0.139. The van der Waals surface area contributed by atoms with Gasteiger partial charge in [0.2, 0.25) is 20.2 Å². The van der Waals surface area contributed by atoms with Crippen molar-refractivity contribution in [1.82, 2.24) is 4.90 Å². The van der Waals surface area contributed by atoms with Gasteiger partial charge in [-0.15, -0.1) is 0 Å². The number of benzene rings is 2. The van der Waals surface area contributed by atoms with Gasteiger partial charge in [0.15, 0.2) is 5.60 Å². The molecule has 5 rings (SSSR count). The van der Waals surface area contributed by atoms with Gasteiger partial charge in [-0.2, -0.15) is 0 Å². The number of fused-ring (bicyclic) bond motifs is 2. The molecule has 3 aliphatic heterocycles. The lowest BCUT2D eigenvalue weighted by atomic mass is 9.82. The molecule has 0 saturated carbocycles. The van der Waals surface area contributed by atoms with E-state index in [1.165, 1.54) is 5.57 Å². The summed E-state index contributed by atoms with van der Waals surface area (Å²) in [5.74, 6) is -1.06. The third kappa shape index (κ3) is 7.61. The Morgan fingerprint density at radius 3 is 2.49 bits per heavy atom. The van der Waals surface area contributed by atoms with Gasteiger partial charge in [0.1, 0.15) is 0 Å². The van der Waals surface area contributed by atoms with Crippen LogP contribution in [0.25, 0.3) is 0 Å². The van der Waals surface area contributed by atoms with Crippen LogP contribution in [0.5, 0.6) is 0 Å². The van der Waals surface area contributed by atoms with E-state index in [1.807, 2.05) is 55.5 Å². The number of rotatable bonds is 13. The maximum Gasteiger partial charge on any atom is 0.264 e. The molecule has 1 spiro atoms. The van der Waals surface area contributed by atoms with E-state index in [0.29, 0.717) is 43.0 Å². The average molecular weight is 690 g/mol. The second-order valence-electron chi connectivity index (χ2n) is 14.6. The first-order valence-electron chi connectivity index (χ1n) is 17.6. The average Bonchev–Trinajstić information content (AvgIpc) is 3.68. The summed E-state index contributed by atoms with van der Waals surface area (Å²) in [6.07, 6.45) is 6.33. The summed E-state index contributed by atoms with van der Waals surface area (Å²) in [4.78, 5) is 46.6. The van der Waals surface area contributed by atoms with E-state index in [0.717, 1.165) is 30.4 Å². The first-order valence-corrected chi connectivity index (χ1v) is 20.6. The van der Waals surface area contributed by atoms with Gasteiger partial charge in [-0.25, -0.2) is 0 Å². The minimum Gasteiger partial charge on any atom is -0.395 e. The SMILES string of the molecule is CC(C)=CCC/C(C)=C/CN1C(=O)[C@]2(O[C@H](CC(=O)N(CCO)Cc3ccccc3)[C@@H]([Si](C)(C)F)[C@@H]2C)c2cc(N3CCCC3=O)ccc21. The van der Waals surface area contributed by atoms with Crippen molar-refractivity contribution in [2.45, 2.75) is 96.7 Å². The molecule has 3 heterocycles. The van der Waals surface area contributed by atoms with Gasteiger partial charge in [-0.3, -0.25) is 14.4 Å². The zero-order valence-electron chi connectivity index (χ0n) is 29.9. The number of carbonyl (C=O) groups is 3. The molecule has 0 unspecified atom stereocenters. The van der Waals surface area contributed by atoms with E-state index in [-0.39, 0.29) is 37.3 Å². The molecule has 1 N–H and O–H groups in total. The van der Waals surface area contributed by atoms with E-state index in [9.17, 15) is 19.5 Å². The third-order valence-corrected chi connectivity index (χ3v) is 12.8. The molecule has 2 aromatic rings. The first-order chi connectivity index (χ1) is 23.3. The van der Waals surface area contributed by atoms with Gasteiger partial charge in [-0.05, 0) is 76.9 Å². The fourth-order valence-electron chi connectivity index (χ4n) is 7.96. The highest BCUT2D eigenvalue weighted by Gasteiger charge is 2.67. The minimum atomic E-state index is -3.52. The molecule has 3 aliphatic rings. The number of nitrogens with zero attached hydrogens (tertiary/aromatic N) is 3. The molecule has 0 radical (unpaired) electrons. The Kier molecular flexibility index (Phi) is 11.3. The number of aliphatic hydroxyl groups excluding tert-OH is 1. The van der Waals surface area contributed by atoms with Crippen LogP contribution in [0.15, 0.2) is 71.8 Å². The molecular weight excluding hydrogens is 638 g/mol. The summed E-state index contributed by atoms with van der Waals surface area (Å²) < 4.78 is 23.4. The number of ether oxygens (including phenoxy) is 1.